The number of unbranched alkanes of at least 4 members (excludes halogenated alkanes) is 2. The molecule has 0 heterocycles. The summed E-state index contributed by atoms with van der Waals surface area (Å²) in [5.41, 5.74) is 1.29. The van der Waals surface area contributed by atoms with Gasteiger partial charge in [0.05, 0.1) is 19.4 Å². The number of hydrogen-bond donors (Lipinski definition) is 0. The van der Waals surface area contributed by atoms with Gasteiger partial charge in [0.2, 0.25) is 0 Å². The van der Waals surface area contributed by atoms with Gasteiger partial charge in [-0.2, -0.15) is 0 Å². The fourth-order valence-corrected chi connectivity index (χ4v) is 4.76. The molecule has 126 valence electrons. The first kappa shape index (κ1) is 19.4. The minimum absolute atomic E-state index is 0.345. The Balaban J connectivity index is 2.72. The molecule has 4 heteroatoms. The molecule has 0 aliphatic heterocycles. The van der Waals surface area contributed by atoms with E-state index in [0.717, 1.165) is 12.8 Å². The molecule has 0 radical (unpaired) electrons. The summed E-state index contributed by atoms with van der Waals surface area (Å²) in [7, 11) is -2.96. The van der Waals surface area contributed by atoms with Crippen molar-refractivity contribution in [3.63, 3.8) is 0 Å². The molecule has 1 unspecified atom stereocenters. The summed E-state index contributed by atoms with van der Waals surface area (Å²) >= 11 is 0. The minimum Gasteiger partial charge on any atom is -0.309 e. The van der Waals surface area contributed by atoms with Crippen LogP contribution >= 0.6 is 7.60 Å². The smallest absolute Gasteiger partial charge is 0.309 e. The van der Waals surface area contributed by atoms with E-state index in [2.05, 4.69) is 31.2 Å². The molecule has 0 saturated heterocycles. The van der Waals surface area contributed by atoms with E-state index in [4.69, 9.17) is 9.05 Å². The van der Waals surface area contributed by atoms with Crippen LogP contribution < -0.4 is 0 Å². The van der Waals surface area contributed by atoms with Crippen LogP contribution in [0.5, 0.6) is 0 Å². The third kappa shape index (κ3) is 7.58. The Hall–Kier alpha value is -0.630. The third-order valence-electron chi connectivity index (χ3n) is 3.72. The van der Waals surface area contributed by atoms with Crippen molar-refractivity contribution in [2.45, 2.75) is 52.9 Å². The standard InChI is InChI=1S/C18H31O3P/c1-4-7-9-14-18(15-17-12-10-8-11-13-17)16-22(19,20-5-2)21-6-3/h8,10-13,18H,4-7,9,14-16H2,1-3H3. The zero-order valence-electron chi connectivity index (χ0n) is 14.3. The quantitative estimate of drug-likeness (QED) is 0.365. The number of benzene rings is 1. The molecule has 1 aromatic rings. The van der Waals surface area contributed by atoms with Gasteiger partial charge >= 0.3 is 7.60 Å². The highest BCUT2D eigenvalue weighted by molar-refractivity contribution is 7.53. The van der Waals surface area contributed by atoms with E-state index < -0.39 is 7.60 Å². The van der Waals surface area contributed by atoms with E-state index in [0.29, 0.717) is 25.3 Å². The van der Waals surface area contributed by atoms with Crippen molar-refractivity contribution in [1.29, 1.82) is 0 Å². The molecular weight excluding hydrogens is 295 g/mol. The Morgan fingerprint density at radius 1 is 1.00 bits per heavy atom. The molecule has 0 bridgehead atoms. The van der Waals surface area contributed by atoms with Gasteiger partial charge in [0, 0.05) is 0 Å². The predicted octanol–water partition coefficient (Wildman–Crippen LogP) is 5.69. The SMILES string of the molecule is CCCCCC(Cc1ccccc1)CP(=O)(OCC)OCC. The first-order valence-electron chi connectivity index (χ1n) is 8.55. The molecule has 0 aromatic heterocycles. The van der Waals surface area contributed by atoms with Gasteiger partial charge in [-0.25, -0.2) is 0 Å². The summed E-state index contributed by atoms with van der Waals surface area (Å²) in [6.07, 6.45) is 6.13. The van der Waals surface area contributed by atoms with Gasteiger partial charge in [-0.1, -0.05) is 56.5 Å². The van der Waals surface area contributed by atoms with Crippen LogP contribution in [0.2, 0.25) is 0 Å². The first-order valence-corrected chi connectivity index (χ1v) is 10.3. The predicted molar refractivity (Wildman–Crippen MR) is 93.5 cm³/mol. The van der Waals surface area contributed by atoms with Gasteiger partial charge in [-0.3, -0.25) is 4.57 Å². The lowest BCUT2D eigenvalue weighted by molar-refractivity contribution is 0.215. The maximum Gasteiger partial charge on any atom is 0.330 e. The Morgan fingerprint density at radius 2 is 1.64 bits per heavy atom. The molecular formula is C18H31O3P. The third-order valence-corrected chi connectivity index (χ3v) is 5.98. The molecule has 0 N–H and O–H groups in total. The summed E-state index contributed by atoms with van der Waals surface area (Å²) in [4.78, 5) is 0. The zero-order chi connectivity index (χ0) is 16.3. The van der Waals surface area contributed by atoms with Crippen molar-refractivity contribution in [1.82, 2.24) is 0 Å². The highest BCUT2D eigenvalue weighted by Gasteiger charge is 2.28. The van der Waals surface area contributed by atoms with Gasteiger partial charge in [-0.15, -0.1) is 0 Å². The fraction of sp³-hybridized carbons (Fsp3) is 0.667. The average Bonchev–Trinajstić information content (AvgIpc) is 2.48. The number of rotatable bonds is 12. The van der Waals surface area contributed by atoms with E-state index in [1.807, 2.05) is 19.9 Å². The summed E-state index contributed by atoms with van der Waals surface area (Å²) < 4.78 is 23.8. The molecule has 1 atom stereocenters. The molecule has 1 rings (SSSR count). The van der Waals surface area contributed by atoms with Crippen LogP contribution in [0.15, 0.2) is 30.3 Å². The monoisotopic (exact) mass is 326 g/mol. The highest BCUT2D eigenvalue weighted by atomic mass is 31.2. The molecule has 3 nitrogen and oxygen atoms in total. The first-order chi connectivity index (χ1) is 10.6. The van der Waals surface area contributed by atoms with E-state index in [-0.39, 0.29) is 0 Å². The van der Waals surface area contributed by atoms with Crippen LogP contribution in [0.4, 0.5) is 0 Å². The molecule has 0 spiro atoms. The van der Waals surface area contributed by atoms with Gasteiger partial charge in [0.25, 0.3) is 0 Å². The molecule has 0 amide bonds. The van der Waals surface area contributed by atoms with Crippen molar-refractivity contribution in [2.24, 2.45) is 5.92 Å². The summed E-state index contributed by atoms with van der Waals surface area (Å²) in [5, 5.41) is 0. The second-order valence-electron chi connectivity index (χ2n) is 5.68. The molecule has 0 aliphatic rings. The second-order valence-corrected chi connectivity index (χ2v) is 7.78. The maximum absolute atomic E-state index is 12.8. The second kappa shape index (κ2) is 11.0. The lowest BCUT2D eigenvalue weighted by atomic mass is 9.95. The van der Waals surface area contributed by atoms with Crippen molar-refractivity contribution in [3.8, 4) is 0 Å². The van der Waals surface area contributed by atoms with Crippen molar-refractivity contribution in [2.75, 3.05) is 19.4 Å². The van der Waals surface area contributed by atoms with Crippen molar-refractivity contribution in [3.05, 3.63) is 35.9 Å². The molecule has 0 aliphatic carbocycles. The Morgan fingerprint density at radius 3 is 2.18 bits per heavy atom. The normalized spacial score (nSPS) is 13.2. The van der Waals surface area contributed by atoms with Crippen LogP contribution in [0.25, 0.3) is 0 Å². The van der Waals surface area contributed by atoms with E-state index in [1.165, 1.54) is 24.8 Å². The summed E-state index contributed by atoms with van der Waals surface area (Å²) in [5.74, 6) is 0.345. The maximum atomic E-state index is 12.8. The topological polar surface area (TPSA) is 35.5 Å². The van der Waals surface area contributed by atoms with Crippen LogP contribution in [0.1, 0.15) is 52.0 Å². The molecule has 1 aromatic carbocycles. The Labute approximate surface area is 136 Å². The molecule has 0 saturated carbocycles. The highest BCUT2D eigenvalue weighted by Crippen LogP contribution is 2.50. The fourth-order valence-electron chi connectivity index (χ4n) is 2.74. The van der Waals surface area contributed by atoms with Crippen LogP contribution in [-0.4, -0.2) is 19.4 Å². The minimum atomic E-state index is -2.96. The lowest BCUT2D eigenvalue weighted by Gasteiger charge is -2.23. The van der Waals surface area contributed by atoms with E-state index in [9.17, 15) is 4.57 Å². The van der Waals surface area contributed by atoms with Gasteiger partial charge in [-0.05, 0) is 38.2 Å². The zero-order valence-corrected chi connectivity index (χ0v) is 15.2. The van der Waals surface area contributed by atoms with Gasteiger partial charge in [0.1, 0.15) is 0 Å². The average molecular weight is 326 g/mol. The molecule has 22 heavy (non-hydrogen) atoms. The summed E-state index contributed by atoms with van der Waals surface area (Å²) in [6.45, 7) is 6.82. The molecule has 0 fully saturated rings. The lowest BCUT2D eigenvalue weighted by Crippen LogP contribution is -2.13. The largest absolute Gasteiger partial charge is 0.330 e. The van der Waals surface area contributed by atoms with Crippen LogP contribution in [-0.2, 0) is 20.0 Å². The van der Waals surface area contributed by atoms with Gasteiger partial charge in [0.15, 0.2) is 0 Å². The van der Waals surface area contributed by atoms with Crippen LogP contribution in [0, 0.1) is 5.92 Å². The number of hydrogen-bond acceptors (Lipinski definition) is 3. The van der Waals surface area contributed by atoms with E-state index in [1.54, 1.807) is 0 Å². The Kier molecular flexibility index (Phi) is 9.70. The summed E-state index contributed by atoms with van der Waals surface area (Å²) in [6, 6.07) is 10.4. The van der Waals surface area contributed by atoms with Crippen LogP contribution in [0.3, 0.4) is 0 Å². The van der Waals surface area contributed by atoms with Crippen molar-refractivity contribution >= 4 is 7.60 Å². The Bertz CT molecular complexity index is 423. The van der Waals surface area contributed by atoms with Crippen molar-refractivity contribution < 1.29 is 13.6 Å². The van der Waals surface area contributed by atoms with E-state index >= 15 is 0 Å². The van der Waals surface area contributed by atoms with Gasteiger partial charge < -0.3 is 9.05 Å².